The third kappa shape index (κ3) is 7.01. The van der Waals surface area contributed by atoms with Crippen LogP contribution in [-0.4, -0.2) is 19.0 Å². The Bertz CT molecular complexity index is 819. The van der Waals surface area contributed by atoms with Crippen LogP contribution in [0.25, 0.3) is 0 Å². The third-order valence-electron chi connectivity index (χ3n) is 5.08. The summed E-state index contributed by atoms with van der Waals surface area (Å²) in [5.74, 6) is 2.08. The van der Waals surface area contributed by atoms with Crippen molar-refractivity contribution in [2.24, 2.45) is 0 Å². The average molecular weight is 376 g/mol. The van der Waals surface area contributed by atoms with Crippen LogP contribution in [0.15, 0.2) is 71.1 Å². The maximum atomic E-state index is 5.96. The molecule has 1 heterocycles. The fourth-order valence-electron chi connectivity index (χ4n) is 3.67. The first-order valence-corrected chi connectivity index (χ1v) is 10.5. The first kappa shape index (κ1) is 20.4. The lowest BCUT2D eigenvalue weighted by Crippen LogP contribution is -2.09. The van der Waals surface area contributed by atoms with E-state index < -0.39 is 0 Å². The van der Waals surface area contributed by atoms with Gasteiger partial charge in [0.15, 0.2) is 0 Å². The Morgan fingerprint density at radius 1 is 0.643 bits per heavy atom. The average Bonchev–Trinajstić information content (AvgIpc) is 3.11. The predicted molar refractivity (Wildman–Crippen MR) is 118 cm³/mol. The third-order valence-corrected chi connectivity index (χ3v) is 5.08. The lowest BCUT2D eigenvalue weighted by molar-refractivity contribution is 0.343. The highest BCUT2D eigenvalue weighted by Gasteiger charge is 2.05. The molecule has 2 aromatic carbocycles. The Balaban J connectivity index is 1.39. The molecule has 28 heavy (non-hydrogen) atoms. The van der Waals surface area contributed by atoms with Crippen LogP contribution in [0.5, 0.6) is 0 Å². The van der Waals surface area contributed by atoms with Crippen LogP contribution < -0.4 is 0 Å². The molecule has 0 aliphatic heterocycles. The van der Waals surface area contributed by atoms with Gasteiger partial charge < -0.3 is 9.32 Å². The van der Waals surface area contributed by atoms with Gasteiger partial charge in [-0.3, -0.25) is 0 Å². The van der Waals surface area contributed by atoms with E-state index in [1.807, 2.05) is 0 Å². The van der Waals surface area contributed by atoms with E-state index >= 15 is 0 Å². The molecule has 0 saturated heterocycles. The maximum absolute atomic E-state index is 5.96. The fourth-order valence-corrected chi connectivity index (χ4v) is 3.67. The zero-order valence-electron chi connectivity index (χ0n) is 17.4. The summed E-state index contributed by atoms with van der Waals surface area (Å²) in [6.45, 7) is 0.852. The molecule has 1 aromatic heterocycles. The van der Waals surface area contributed by atoms with Crippen LogP contribution in [0, 0.1) is 0 Å². The minimum Gasteiger partial charge on any atom is -0.464 e. The van der Waals surface area contributed by atoms with E-state index in [1.54, 1.807) is 0 Å². The number of rotatable bonds is 11. The zero-order valence-corrected chi connectivity index (χ0v) is 17.4. The van der Waals surface area contributed by atoms with Crippen molar-refractivity contribution in [3.05, 3.63) is 94.9 Å². The van der Waals surface area contributed by atoms with Gasteiger partial charge in [-0.2, -0.15) is 0 Å². The molecule has 0 unspecified atom stereocenters. The molecule has 3 rings (SSSR count). The first-order valence-electron chi connectivity index (χ1n) is 10.5. The Hall–Kier alpha value is -2.32. The number of aryl methyl sites for hydroxylation is 2. The van der Waals surface area contributed by atoms with Crippen molar-refractivity contribution in [3.63, 3.8) is 0 Å². The van der Waals surface area contributed by atoms with E-state index in [4.69, 9.17) is 4.42 Å². The Kier molecular flexibility index (Phi) is 7.93. The molecule has 0 spiro atoms. The largest absolute Gasteiger partial charge is 0.464 e. The van der Waals surface area contributed by atoms with E-state index in [1.165, 1.54) is 55.2 Å². The maximum Gasteiger partial charge on any atom is 0.118 e. The van der Waals surface area contributed by atoms with Gasteiger partial charge >= 0.3 is 0 Å². The summed E-state index contributed by atoms with van der Waals surface area (Å²) in [4.78, 5) is 2.13. The molecular formula is C26H33NO. The van der Waals surface area contributed by atoms with Crippen molar-refractivity contribution in [1.29, 1.82) is 0 Å². The monoisotopic (exact) mass is 375 g/mol. The molecule has 0 N–H and O–H groups in total. The summed E-state index contributed by atoms with van der Waals surface area (Å²) >= 11 is 0. The van der Waals surface area contributed by atoms with Crippen LogP contribution >= 0.6 is 0 Å². The van der Waals surface area contributed by atoms with Crippen molar-refractivity contribution >= 4 is 0 Å². The van der Waals surface area contributed by atoms with Crippen LogP contribution in [0.2, 0.25) is 0 Å². The second-order valence-electron chi connectivity index (χ2n) is 8.00. The van der Waals surface area contributed by atoms with Gasteiger partial charge in [-0.05, 0) is 68.6 Å². The second-order valence-corrected chi connectivity index (χ2v) is 8.00. The Morgan fingerprint density at radius 3 is 2.04 bits per heavy atom. The summed E-state index contributed by atoms with van der Waals surface area (Å²) in [5, 5.41) is 0. The summed E-state index contributed by atoms with van der Waals surface area (Å²) in [6, 6.07) is 24.0. The zero-order chi connectivity index (χ0) is 19.6. The number of furan rings is 1. The normalized spacial score (nSPS) is 11.2. The topological polar surface area (TPSA) is 16.4 Å². The minimum absolute atomic E-state index is 0.852. The highest BCUT2D eigenvalue weighted by atomic mass is 16.3. The quantitative estimate of drug-likeness (QED) is 0.367. The number of hydrogen-bond donors (Lipinski definition) is 0. The van der Waals surface area contributed by atoms with Crippen LogP contribution in [-0.2, 0) is 25.8 Å². The fraction of sp³-hybridized carbons (Fsp3) is 0.385. The predicted octanol–water partition coefficient (Wildman–Crippen LogP) is 6.28. The minimum atomic E-state index is 0.852. The Morgan fingerprint density at radius 2 is 1.29 bits per heavy atom. The molecule has 0 atom stereocenters. The van der Waals surface area contributed by atoms with Crippen LogP contribution in [0.3, 0.4) is 0 Å². The molecule has 0 saturated carbocycles. The Labute approximate surface area is 170 Å². The molecule has 0 fully saturated rings. The van der Waals surface area contributed by atoms with Gasteiger partial charge in [-0.1, -0.05) is 67.4 Å². The van der Waals surface area contributed by atoms with Gasteiger partial charge in [0.25, 0.3) is 0 Å². The molecule has 0 bridgehead atoms. The smallest absolute Gasteiger partial charge is 0.118 e. The van der Waals surface area contributed by atoms with Crippen molar-refractivity contribution in [2.45, 2.75) is 51.5 Å². The van der Waals surface area contributed by atoms with Gasteiger partial charge in [-0.25, -0.2) is 0 Å². The highest BCUT2D eigenvalue weighted by Crippen LogP contribution is 2.17. The van der Waals surface area contributed by atoms with Gasteiger partial charge in [0, 0.05) is 6.42 Å². The molecule has 0 radical (unpaired) electrons. The van der Waals surface area contributed by atoms with Gasteiger partial charge in [0.1, 0.15) is 11.5 Å². The van der Waals surface area contributed by atoms with Crippen molar-refractivity contribution in [3.8, 4) is 0 Å². The van der Waals surface area contributed by atoms with Gasteiger partial charge in [0.05, 0.1) is 6.54 Å². The van der Waals surface area contributed by atoms with E-state index in [2.05, 4.69) is 85.7 Å². The molecule has 0 amide bonds. The summed E-state index contributed by atoms with van der Waals surface area (Å²) in [5.41, 5.74) is 4.25. The summed E-state index contributed by atoms with van der Waals surface area (Å²) in [6.07, 6.45) is 8.43. The van der Waals surface area contributed by atoms with Gasteiger partial charge in [-0.15, -0.1) is 0 Å². The molecule has 2 nitrogen and oxygen atoms in total. The van der Waals surface area contributed by atoms with E-state index in [-0.39, 0.29) is 0 Å². The van der Waals surface area contributed by atoms with E-state index in [0.717, 1.165) is 24.5 Å². The number of nitrogens with zero attached hydrogens (tertiary/aromatic N) is 1. The molecule has 148 valence electrons. The lowest BCUT2D eigenvalue weighted by Gasteiger charge is -2.07. The standard InChI is InChI=1S/C26H33NO/c1-27(2)21-26-18-17-25(28-26)20-24-16-10-15-23(19-24)14-7-4-3-6-11-22-12-8-5-9-13-22/h5,8-10,12-13,15-19H,3-4,6-7,11,14,20-21H2,1-2H3. The first-order chi connectivity index (χ1) is 13.7. The lowest BCUT2D eigenvalue weighted by atomic mass is 10.0. The van der Waals surface area contributed by atoms with Crippen LogP contribution in [0.1, 0.15) is 53.9 Å². The number of hydrogen-bond acceptors (Lipinski definition) is 2. The van der Waals surface area contributed by atoms with Crippen molar-refractivity contribution in [1.82, 2.24) is 4.90 Å². The summed E-state index contributed by atoms with van der Waals surface area (Å²) in [7, 11) is 4.13. The van der Waals surface area contributed by atoms with Crippen LogP contribution in [0.4, 0.5) is 0 Å². The van der Waals surface area contributed by atoms with E-state index in [9.17, 15) is 0 Å². The number of unbranched alkanes of at least 4 members (excludes halogenated alkanes) is 3. The molecule has 0 aliphatic carbocycles. The summed E-state index contributed by atoms with van der Waals surface area (Å²) < 4.78 is 5.96. The highest BCUT2D eigenvalue weighted by molar-refractivity contribution is 5.27. The van der Waals surface area contributed by atoms with Crippen molar-refractivity contribution in [2.75, 3.05) is 14.1 Å². The second kappa shape index (κ2) is 10.9. The molecular weight excluding hydrogens is 342 g/mol. The van der Waals surface area contributed by atoms with E-state index in [0.29, 0.717) is 0 Å². The molecule has 0 aliphatic rings. The molecule has 2 heteroatoms. The van der Waals surface area contributed by atoms with Gasteiger partial charge in [0.2, 0.25) is 0 Å². The van der Waals surface area contributed by atoms with Crippen molar-refractivity contribution < 1.29 is 4.42 Å². The molecule has 3 aromatic rings. The number of benzene rings is 2. The SMILES string of the molecule is CN(C)Cc1ccc(Cc2cccc(CCCCCCc3ccccc3)c2)o1.